The van der Waals surface area contributed by atoms with Crippen LogP contribution in [0.5, 0.6) is 0 Å². The Labute approximate surface area is 86.2 Å². The van der Waals surface area contributed by atoms with Crippen molar-refractivity contribution in [3.05, 3.63) is 0 Å². The van der Waals surface area contributed by atoms with Crippen molar-refractivity contribution < 1.29 is 9.59 Å². The number of nitrogens with zero attached hydrogens (tertiary/aromatic N) is 1. The van der Waals surface area contributed by atoms with Crippen LogP contribution in [0.4, 0.5) is 0 Å². The second-order valence-corrected chi connectivity index (χ2v) is 3.20. The molecule has 0 saturated heterocycles. The van der Waals surface area contributed by atoms with Crippen LogP contribution >= 0.6 is 0 Å². The lowest BCUT2D eigenvalue weighted by Gasteiger charge is -2.20. The number of hydrogen-bond acceptors (Lipinski definition) is 3. The number of ketones is 1. The molecule has 0 saturated carbocycles. The summed E-state index contributed by atoms with van der Waals surface area (Å²) in [6.07, 6.45) is 1.53. The highest BCUT2D eigenvalue weighted by atomic mass is 16.2. The molecule has 0 aromatic carbocycles. The van der Waals surface area contributed by atoms with Gasteiger partial charge in [-0.05, 0) is 6.92 Å². The van der Waals surface area contributed by atoms with Gasteiger partial charge in [-0.25, -0.2) is 0 Å². The molecule has 0 aromatic heterocycles. The maximum absolute atomic E-state index is 11.5. The molecule has 0 atom stereocenters. The SMILES string of the molecule is [B]CCCC(=O)N(CCN)CC(C)=O. The average molecular weight is 196 g/mol. The molecule has 0 rings (SSSR count). The normalized spacial score (nSPS) is 9.86. The number of carbonyl (C=O) groups excluding carboxylic acids is 2. The van der Waals surface area contributed by atoms with Crippen molar-refractivity contribution in [3.63, 3.8) is 0 Å². The van der Waals surface area contributed by atoms with Gasteiger partial charge < -0.3 is 10.6 Å². The number of carbonyl (C=O) groups is 2. The van der Waals surface area contributed by atoms with Crippen molar-refractivity contribution in [2.75, 3.05) is 19.6 Å². The lowest BCUT2D eigenvalue weighted by atomic mass is 10.00. The Morgan fingerprint density at radius 2 is 2.07 bits per heavy atom. The predicted molar refractivity (Wildman–Crippen MR) is 56.1 cm³/mol. The molecule has 78 valence electrons. The van der Waals surface area contributed by atoms with Crippen LogP contribution in [0.25, 0.3) is 0 Å². The number of nitrogens with two attached hydrogens (primary N) is 1. The second kappa shape index (κ2) is 7.56. The minimum atomic E-state index is -0.0453. The smallest absolute Gasteiger partial charge is 0.222 e. The highest BCUT2D eigenvalue weighted by molar-refractivity contribution is 6.08. The number of Topliss-reactive ketones (excluding diaryl/α,β-unsaturated/α-hetero) is 1. The quantitative estimate of drug-likeness (QED) is 0.570. The molecule has 0 aromatic rings. The van der Waals surface area contributed by atoms with Crippen LogP contribution in [0.1, 0.15) is 19.8 Å². The number of rotatable bonds is 7. The van der Waals surface area contributed by atoms with E-state index < -0.39 is 0 Å². The minimum Gasteiger partial charge on any atom is -0.334 e. The molecule has 2 N–H and O–H groups in total. The third kappa shape index (κ3) is 5.75. The largest absolute Gasteiger partial charge is 0.334 e. The summed E-state index contributed by atoms with van der Waals surface area (Å²) in [7, 11) is 5.29. The van der Waals surface area contributed by atoms with E-state index in [1.54, 1.807) is 0 Å². The van der Waals surface area contributed by atoms with Crippen LogP contribution in [0.15, 0.2) is 0 Å². The fraction of sp³-hybridized carbons (Fsp3) is 0.778. The second-order valence-electron chi connectivity index (χ2n) is 3.20. The third-order valence-corrected chi connectivity index (χ3v) is 1.76. The Morgan fingerprint density at radius 3 is 2.50 bits per heavy atom. The van der Waals surface area contributed by atoms with E-state index in [-0.39, 0.29) is 18.2 Å². The average Bonchev–Trinajstić information content (AvgIpc) is 2.13. The summed E-state index contributed by atoms with van der Waals surface area (Å²) in [5.74, 6) is -0.0735. The number of amides is 1. The van der Waals surface area contributed by atoms with Gasteiger partial charge in [-0.1, -0.05) is 12.7 Å². The van der Waals surface area contributed by atoms with E-state index in [1.807, 2.05) is 0 Å². The fourth-order valence-corrected chi connectivity index (χ4v) is 1.13. The molecule has 0 spiro atoms. The lowest BCUT2D eigenvalue weighted by Crippen LogP contribution is -2.38. The first-order valence-corrected chi connectivity index (χ1v) is 4.79. The van der Waals surface area contributed by atoms with Gasteiger partial charge in [-0.15, -0.1) is 0 Å². The molecule has 2 radical (unpaired) electrons. The van der Waals surface area contributed by atoms with Crippen LogP contribution in [-0.2, 0) is 9.59 Å². The summed E-state index contributed by atoms with van der Waals surface area (Å²) in [6, 6.07) is 0. The van der Waals surface area contributed by atoms with Gasteiger partial charge in [0.05, 0.1) is 14.4 Å². The zero-order valence-electron chi connectivity index (χ0n) is 8.66. The Bertz CT molecular complexity index is 197. The number of hydrogen-bond donors (Lipinski definition) is 1. The van der Waals surface area contributed by atoms with E-state index in [4.69, 9.17) is 13.6 Å². The zero-order valence-corrected chi connectivity index (χ0v) is 8.66. The zero-order chi connectivity index (χ0) is 11.0. The Kier molecular flexibility index (Phi) is 7.11. The van der Waals surface area contributed by atoms with Gasteiger partial charge in [-0.2, -0.15) is 0 Å². The first-order valence-electron chi connectivity index (χ1n) is 4.79. The van der Waals surface area contributed by atoms with Crippen LogP contribution in [0.3, 0.4) is 0 Å². The summed E-state index contributed by atoms with van der Waals surface area (Å²) in [4.78, 5) is 23.8. The molecule has 0 aliphatic rings. The molecule has 0 bridgehead atoms. The molecule has 0 aliphatic heterocycles. The highest BCUT2D eigenvalue weighted by Gasteiger charge is 2.13. The van der Waals surface area contributed by atoms with Crippen molar-refractivity contribution in [2.24, 2.45) is 5.73 Å². The van der Waals surface area contributed by atoms with Crippen molar-refractivity contribution >= 4 is 19.5 Å². The van der Waals surface area contributed by atoms with Crippen LogP contribution in [-0.4, -0.2) is 44.1 Å². The van der Waals surface area contributed by atoms with E-state index >= 15 is 0 Å². The summed E-state index contributed by atoms with van der Waals surface area (Å²) >= 11 is 0. The van der Waals surface area contributed by atoms with Gasteiger partial charge in [0, 0.05) is 19.5 Å². The molecule has 0 aliphatic carbocycles. The van der Waals surface area contributed by atoms with Crippen molar-refractivity contribution in [1.82, 2.24) is 4.90 Å². The van der Waals surface area contributed by atoms with E-state index in [9.17, 15) is 9.59 Å². The van der Waals surface area contributed by atoms with Crippen molar-refractivity contribution in [2.45, 2.75) is 26.1 Å². The molecule has 4 nitrogen and oxygen atoms in total. The molecule has 0 heterocycles. The standard InChI is InChI=1S/C9H17BN2O2/c1-8(13)7-12(6-5-11)9(14)3-2-4-10/h2-7,11H2,1H3. The summed E-state index contributed by atoms with van der Waals surface area (Å²) in [6.45, 7) is 2.42. The van der Waals surface area contributed by atoms with E-state index in [0.29, 0.717) is 32.3 Å². The molecular weight excluding hydrogens is 179 g/mol. The topological polar surface area (TPSA) is 63.4 Å². The Morgan fingerprint density at radius 1 is 1.43 bits per heavy atom. The van der Waals surface area contributed by atoms with Crippen LogP contribution in [0.2, 0.25) is 6.32 Å². The van der Waals surface area contributed by atoms with Crippen LogP contribution < -0.4 is 5.73 Å². The van der Waals surface area contributed by atoms with E-state index in [2.05, 4.69) is 0 Å². The molecule has 0 unspecified atom stereocenters. The van der Waals surface area contributed by atoms with Gasteiger partial charge in [0.25, 0.3) is 0 Å². The van der Waals surface area contributed by atoms with Gasteiger partial charge in [0.1, 0.15) is 5.78 Å². The first kappa shape index (κ1) is 13.2. The maximum atomic E-state index is 11.5. The van der Waals surface area contributed by atoms with Crippen molar-refractivity contribution in [3.8, 4) is 0 Å². The highest BCUT2D eigenvalue weighted by Crippen LogP contribution is 1.99. The van der Waals surface area contributed by atoms with Crippen LogP contribution in [0, 0.1) is 0 Å². The monoisotopic (exact) mass is 196 g/mol. The van der Waals surface area contributed by atoms with Gasteiger partial charge in [0.15, 0.2) is 0 Å². The van der Waals surface area contributed by atoms with Gasteiger partial charge in [-0.3, -0.25) is 9.59 Å². The Balaban J connectivity index is 4.03. The molecule has 14 heavy (non-hydrogen) atoms. The maximum Gasteiger partial charge on any atom is 0.222 e. The van der Waals surface area contributed by atoms with E-state index in [0.717, 1.165) is 0 Å². The summed E-state index contributed by atoms with van der Waals surface area (Å²) < 4.78 is 0. The minimum absolute atomic E-state index is 0.0282. The van der Waals surface area contributed by atoms with Gasteiger partial charge >= 0.3 is 0 Å². The molecule has 0 fully saturated rings. The van der Waals surface area contributed by atoms with Gasteiger partial charge in [0.2, 0.25) is 5.91 Å². The molecule has 5 heteroatoms. The van der Waals surface area contributed by atoms with Crippen molar-refractivity contribution in [1.29, 1.82) is 0 Å². The molecule has 1 amide bonds. The summed E-state index contributed by atoms with van der Waals surface area (Å²) in [5, 5.41) is 0. The first-order chi connectivity index (χ1) is 6.61. The van der Waals surface area contributed by atoms with E-state index in [1.165, 1.54) is 11.8 Å². The lowest BCUT2D eigenvalue weighted by molar-refractivity contribution is -0.134. The third-order valence-electron chi connectivity index (χ3n) is 1.76. The Hall–Kier alpha value is -0.835. The predicted octanol–water partition coefficient (Wildman–Crippen LogP) is -0.270. The molecular formula is C9H17BN2O2. The summed E-state index contributed by atoms with van der Waals surface area (Å²) in [5.41, 5.74) is 5.34. The fourth-order valence-electron chi connectivity index (χ4n) is 1.13.